The number of amides is 1. The molecule has 3 aromatic carbocycles. The molecular formula is C27H28N2O3. The lowest BCUT2D eigenvalue weighted by Crippen LogP contribution is -2.12. The zero-order valence-electron chi connectivity index (χ0n) is 18.9. The van der Waals surface area contributed by atoms with Crippen molar-refractivity contribution in [3.63, 3.8) is 0 Å². The van der Waals surface area contributed by atoms with E-state index in [2.05, 4.69) is 50.1 Å². The minimum Gasteiger partial charge on any atom is -0.493 e. The fourth-order valence-electron chi connectivity index (χ4n) is 3.32. The first kappa shape index (κ1) is 21.6. The smallest absolute Gasteiger partial charge is 0.255 e. The van der Waals surface area contributed by atoms with E-state index in [-0.39, 0.29) is 5.91 Å². The summed E-state index contributed by atoms with van der Waals surface area (Å²) in [5.74, 6) is 1.93. The fourth-order valence-corrected chi connectivity index (χ4v) is 3.32. The Kier molecular flexibility index (Phi) is 6.26. The topological polar surface area (TPSA) is 64.4 Å². The number of nitrogens with zero attached hydrogens (tertiary/aromatic N) is 1. The van der Waals surface area contributed by atoms with E-state index in [1.807, 2.05) is 42.5 Å². The van der Waals surface area contributed by atoms with Gasteiger partial charge < -0.3 is 14.5 Å². The third-order valence-corrected chi connectivity index (χ3v) is 5.15. The Balaban J connectivity index is 1.46. The molecule has 1 heterocycles. The Morgan fingerprint density at radius 3 is 2.50 bits per heavy atom. The number of anilines is 1. The minimum absolute atomic E-state index is 0.184. The Morgan fingerprint density at radius 1 is 1.00 bits per heavy atom. The Labute approximate surface area is 188 Å². The molecule has 4 aromatic rings. The highest BCUT2D eigenvalue weighted by Crippen LogP contribution is 2.28. The predicted molar refractivity (Wildman–Crippen MR) is 128 cm³/mol. The van der Waals surface area contributed by atoms with E-state index in [0.29, 0.717) is 41.3 Å². The van der Waals surface area contributed by atoms with Crippen LogP contribution in [0.5, 0.6) is 5.75 Å². The summed E-state index contributed by atoms with van der Waals surface area (Å²) in [6.07, 6.45) is 0. The summed E-state index contributed by atoms with van der Waals surface area (Å²) in [6.45, 7) is 9.10. The molecule has 5 nitrogen and oxygen atoms in total. The number of hydrogen-bond acceptors (Lipinski definition) is 4. The quantitative estimate of drug-likeness (QED) is 0.347. The first-order chi connectivity index (χ1) is 15.4. The van der Waals surface area contributed by atoms with Crippen molar-refractivity contribution in [2.75, 3.05) is 11.9 Å². The summed E-state index contributed by atoms with van der Waals surface area (Å²) in [7, 11) is 0. The molecule has 0 unspecified atom stereocenters. The minimum atomic E-state index is -0.184. The molecule has 0 atom stereocenters. The summed E-state index contributed by atoms with van der Waals surface area (Å²) in [5.41, 5.74) is 4.95. The van der Waals surface area contributed by atoms with E-state index in [1.165, 1.54) is 5.56 Å². The molecule has 1 aromatic heterocycles. The van der Waals surface area contributed by atoms with Crippen LogP contribution in [-0.2, 0) is 0 Å². The van der Waals surface area contributed by atoms with Crippen LogP contribution in [0.4, 0.5) is 5.69 Å². The van der Waals surface area contributed by atoms with Crippen molar-refractivity contribution in [2.45, 2.75) is 33.6 Å². The van der Waals surface area contributed by atoms with E-state index in [9.17, 15) is 4.79 Å². The third-order valence-electron chi connectivity index (χ3n) is 5.15. The molecule has 1 amide bonds. The number of benzene rings is 3. The second kappa shape index (κ2) is 9.27. The van der Waals surface area contributed by atoms with Crippen molar-refractivity contribution < 1.29 is 13.9 Å². The summed E-state index contributed by atoms with van der Waals surface area (Å²) in [4.78, 5) is 17.3. The van der Waals surface area contributed by atoms with Gasteiger partial charge in [0.15, 0.2) is 5.58 Å². The SMILES string of the molecule is CC(C)COc1cccc(C(=O)Nc2ccc(-c3nc4cc(C(C)C)ccc4o3)cc2)c1. The van der Waals surface area contributed by atoms with Crippen molar-refractivity contribution >= 4 is 22.7 Å². The van der Waals surface area contributed by atoms with Crippen molar-refractivity contribution in [2.24, 2.45) is 5.92 Å². The van der Waals surface area contributed by atoms with Crippen LogP contribution < -0.4 is 10.1 Å². The van der Waals surface area contributed by atoms with E-state index < -0.39 is 0 Å². The van der Waals surface area contributed by atoms with Crippen LogP contribution in [0.3, 0.4) is 0 Å². The molecule has 0 saturated carbocycles. The highest BCUT2D eigenvalue weighted by molar-refractivity contribution is 6.04. The average molecular weight is 429 g/mol. The number of rotatable bonds is 7. The number of aromatic nitrogens is 1. The van der Waals surface area contributed by atoms with Gasteiger partial charge in [-0.25, -0.2) is 4.98 Å². The van der Waals surface area contributed by atoms with Crippen LogP contribution in [-0.4, -0.2) is 17.5 Å². The second-order valence-corrected chi connectivity index (χ2v) is 8.67. The largest absolute Gasteiger partial charge is 0.493 e. The molecule has 0 bridgehead atoms. The molecule has 1 N–H and O–H groups in total. The average Bonchev–Trinajstić information content (AvgIpc) is 3.21. The summed E-state index contributed by atoms with van der Waals surface area (Å²) >= 11 is 0. The highest BCUT2D eigenvalue weighted by Gasteiger charge is 2.12. The van der Waals surface area contributed by atoms with Crippen molar-refractivity contribution in [1.29, 1.82) is 0 Å². The van der Waals surface area contributed by atoms with Gasteiger partial charge in [0.2, 0.25) is 5.89 Å². The maximum Gasteiger partial charge on any atom is 0.255 e. The molecule has 0 aliphatic heterocycles. The molecule has 0 saturated heterocycles. The molecule has 0 aliphatic rings. The lowest BCUT2D eigenvalue weighted by molar-refractivity contribution is 0.102. The number of oxazole rings is 1. The highest BCUT2D eigenvalue weighted by atomic mass is 16.5. The van der Waals surface area contributed by atoms with Gasteiger partial charge in [-0.3, -0.25) is 4.79 Å². The fraction of sp³-hybridized carbons (Fsp3) is 0.259. The molecule has 164 valence electrons. The van der Waals surface area contributed by atoms with E-state index in [1.54, 1.807) is 12.1 Å². The zero-order valence-corrected chi connectivity index (χ0v) is 18.9. The van der Waals surface area contributed by atoms with Crippen molar-refractivity contribution in [1.82, 2.24) is 4.98 Å². The number of ether oxygens (including phenoxy) is 1. The van der Waals surface area contributed by atoms with Crippen LogP contribution in [0, 0.1) is 5.92 Å². The van der Waals surface area contributed by atoms with E-state index in [4.69, 9.17) is 9.15 Å². The zero-order chi connectivity index (χ0) is 22.7. The summed E-state index contributed by atoms with van der Waals surface area (Å²) < 4.78 is 11.6. The second-order valence-electron chi connectivity index (χ2n) is 8.67. The first-order valence-corrected chi connectivity index (χ1v) is 10.9. The van der Waals surface area contributed by atoms with Crippen LogP contribution in [0.2, 0.25) is 0 Å². The number of carbonyl (C=O) groups excluding carboxylic acids is 1. The molecular weight excluding hydrogens is 400 g/mol. The van der Waals surface area contributed by atoms with Crippen LogP contribution in [0.25, 0.3) is 22.6 Å². The molecule has 0 aliphatic carbocycles. The van der Waals surface area contributed by atoms with Crippen LogP contribution >= 0.6 is 0 Å². The summed E-state index contributed by atoms with van der Waals surface area (Å²) in [6, 6.07) is 20.8. The monoisotopic (exact) mass is 428 g/mol. The molecule has 32 heavy (non-hydrogen) atoms. The predicted octanol–water partition coefficient (Wildman–Crippen LogP) is 6.91. The number of carbonyl (C=O) groups is 1. The standard InChI is InChI=1S/C27H28N2O3/c1-17(2)16-31-23-7-5-6-21(14-23)26(30)28-22-11-8-19(9-12-22)27-29-24-15-20(18(3)4)10-13-25(24)32-27/h5-15,17-18H,16H2,1-4H3,(H,28,30). The number of nitrogens with one attached hydrogen (secondary N) is 1. The first-order valence-electron chi connectivity index (χ1n) is 10.9. The van der Waals surface area contributed by atoms with Gasteiger partial charge >= 0.3 is 0 Å². The van der Waals surface area contributed by atoms with Gasteiger partial charge in [0.1, 0.15) is 11.3 Å². The van der Waals surface area contributed by atoms with Gasteiger partial charge in [-0.1, -0.05) is 39.8 Å². The third kappa shape index (κ3) is 4.99. The molecule has 0 spiro atoms. The Bertz CT molecular complexity index is 1220. The molecule has 4 rings (SSSR count). The lowest BCUT2D eigenvalue weighted by atomic mass is 10.0. The number of fused-ring (bicyclic) bond motifs is 1. The van der Waals surface area contributed by atoms with Gasteiger partial charge in [0.05, 0.1) is 6.61 Å². The van der Waals surface area contributed by atoms with Gasteiger partial charge in [0.25, 0.3) is 5.91 Å². The Hall–Kier alpha value is -3.60. The van der Waals surface area contributed by atoms with Crippen LogP contribution in [0.15, 0.2) is 71.1 Å². The van der Waals surface area contributed by atoms with Crippen LogP contribution in [0.1, 0.15) is 49.5 Å². The maximum atomic E-state index is 12.7. The number of hydrogen-bond donors (Lipinski definition) is 1. The van der Waals surface area contributed by atoms with Gasteiger partial charge in [0, 0.05) is 16.8 Å². The maximum absolute atomic E-state index is 12.7. The van der Waals surface area contributed by atoms with Gasteiger partial charge in [-0.05, 0) is 72.0 Å². The molecule has 5 heteroatoms. The van der Waals surface area contributed by atoms with Crippen molar-refractivity contribution in [3.8, 4) is 17.2 Å². The van der Waals surface area contributed by atoms with Gasteiger partial charge in [-0.2, -0.15) is 0 Å². The normalized spacial score (nSPS) is 11.3. The molecule has 0 fully saturated rings. The Morgan fingerprint density at radius 2 is 1.78 bits per heavy atom. The van der Waals surface area contributed by atoms with Crippen molar-refractivity contribution in [3.05, 3.63) is 77.9 Å². The van der Waals surface area contributed by atoms with Gasteiger partial charge in [-0.15, -0.1) is 0 Å². The van der Waals surface area contributed by atoms with E-state index >= 15 is 0 Å². The molecule has 0 radical (unpaired) electrons. The summed E-state index contributed by atoms with van der Waals surface area (Å²) in [5, 5.41) is 2.93. The lowest BCUT2D eigenvalue weighted by Gasteiger charge is -2.10. The van der Waals surface area contributed by atoms with E-state index in [0.717, 1.165) is 16.7 Å².